The van der Waals surface area contributed by atoms with Crippen molar-refractivity contribution in [3.63, 3.8) is 0 Å². The van der Waals surface area contributed by atoms with Gasteiger partial charge in [0.2, 0.25) is 0 Å². The van der Waals surface area contributed by atoms with E-state index in [2.05, 4.69) is 9.80 Å². The molecule has 1 aromatic heterocycles. The van der Waals surface area contributed by atoms with Crippen LogP contribution in [0, 0.1) is 0 Å². The Labute approximate surface area is 131 Å². The molecule has 0 aromatic carbocycles. The van der Waals surface area contributed by atoms with Crippen LogP contribution in [-0.2, 0) is 6.42 Å². The van der Waals surface area contributed by atoms with E-state index in [1.165, 1.54) is 60.9 Å². The maximum absolute atomic E-state index is 6.24. The molecule has 4 nitrogen and oxygen atoms in total. The highest BCUT2D eigenvalue weighted by atomic mass is 32.1. The molecule has 1 atom stereocenters. The average molecular weight is 306 g/mol. The van der Waals surface area contributed by atoms with Gasteiger partial charge < -0.3 is 10.6 Å². The van der Waals surface area contributed by atoms with E-state index in [9.17, 15) is 0 Å². The molecule has 0 radical (unpaired) electrons. The third kappa shape index (κ3) is 2.71. The number of thiazole rings is 1. The molecule has 21 heavy (non-hydrogen) atoms. The van der Waals surface area contributed by atoms with Crippen molar-refractivity contribution in [2.75, 3.05) is 31.1 Å². The van der Waals surface area contributed by atoms with E-state index >= 15 is 0 Å². The summed E-state index contributed by atoms with van der Waals surface area (Å²) in [6.07, 6.45) is 9.16. The Bertz CT molecular complexity index is 486. The second kappa shape index (κ2) is 5.86. The number of piperazine rings is 1. The van der Waals surface area contributed by atoms with Crippen LogP contribution in [0.4, 0.5) is 5.13 Å². The SMILES string of the molecule is NC1CCCc2nc(N3CCN(C4CCCC4)CC3)sc21. The highest BCUT2D eigenvalue weighted by Crippen LogP contribution is 2.36. The van der Waals surface area contributed by atoms with Gasteiger partial charge in [-0.1, -0.05) is 24.2 Å². The molecular weight excluding hydrogens is 280 g/mol. The van der Waals surface area contributed by atoms with E-state index in [1.807, 2.05) is 11.3 Å². The number of nitrogens with two attached hydrogens (primary N) is 1. The average Bonchev–Trinajstić information content (AvgIpc) is 3.18. The molecule has 3 aliphatic rings. The zero-order valence-corrected chi connectivity index (χ0v) is 13.6. The van der Waals surface area contributed by atoms with Crippen molar-refractivity contribution in [2.24, 2.45) is 5.73 Å². The van der Waals surface area contributed by atoms with Gasteiger partial charge >= 0.3 is 0 Å². The lowest BCUT2D eigenvalue weighted by molar-refractivity contribution is 0.187. The summed E-state index contributed by atoms with van der Waals surface area (Å²) in [6.45, 7) is 4.69. The fourth-order valence-corrected chi connectivity index (χ4v) is 5.32. The first kappa shape index (κ1) is 14.0. The van der Waals surface area contributed by atoms with Crippen molar-refractivity contribution >= 4 is 16.5 Å². The van der Waals surface area contributed by atoms with Gasteiger partial charge in [-0.15, -0.1) is 0 Å². The highest BCUT2D eigenvalue weighted by Gasteiger charge is 2.29. The van der Waals surface area contributed by atoms with Gasteiger partial charge in [0.05, 0.1) is 5.69 Å². The molecule has 116 valence electrons. The summed E-state index contributed by atoms with van der Waals surface area (Å²) in [5.74, 6) is 0. The third-order valence-electron chi connectivity index (χ3n) is 5.41. The first-order valence-electron chi connectivity index (χ1n) is 8.55. The molecule has 1 aromatic rings. The summed E-state index contributed by atoms with van der Waals surface area (Å²) >= 11 is 1.85. The maximum Gasteiger partial charge on any atom is 0.185 e. The zero-order chi connectivity index (χ0) is 14.2. The first-order valence-corrected chi connectivity index (χ1v) is 9.37. The van der Waals surface area contributed by atoms with Gasteiger partial charge in [-0.05, 0) is 32.1 Å². The van der Waals surface area contributed by atoms with Gasteiger partial charge in [-0.3, -0.25) is 4.90 Å². The quantitative estimate of drug-likeness (QED) is 0.912. The fraction of sp³-hybridized carbons (Fsp3) is 0.812. The predicted molar refractivity (Wildman–Crippen MR) is 88.0 cm³/mol. The van der Waals surface area contributed by atoms with Crippen LogP contribution in [0.25, 0.3) is 0 Å². The third-order valence-corrected chi connectivity index (χ3v) is 6.70. The van der Waals surface area contributed by atoms with E-state index < -0.39 is 0 Å². The summed E-state index contributed by atoms with van der Waals surface area (Å²) in [4.78, 5) is 11.4. The molecule has 0 bridgehead atoms. The van der Waals surface area contributed by atoms with Crippen molar-refractivity contribution in [3.8, 4) is 0 Å². The number of hydrogen-bond acceptors (Lipinski definition) is 5. The Kier molecular flexibility index (Phi) is 3.90. The standard InChI is InChI=1S/C16H26N4S/c17-13-6-3-7-14-15(13)21-16(18-14)20-10-8-19(9-11-20)12-4-1-2-5-12/h12-13H,1-11,17H2. The molecule has 2 aliphatic carbocycles. The van der Waals surface area contributed by atoms with Gasteiger partial charge in [0.25, 0.3) is 0 Å². The summed E-state index contributed by atoms with van der Waals surface area (Å²) in [7, 11) is 0. The number of nitrogens with zero attached hydrogens (tertiary/aromatic N) is 3. The van der Waals surface area contributed by atoms with Crippen molar-refractivity contribution in [1.82, 2.24) is 9.88 Å². The monoisotopic (exact) mass is 306 g/mol. The van der Waals surface area contributed by atoms with Crippen LogP contribution in [0.15, 0.2) is 0 Å². The highest BCUT2D eigenvalue weighted by molar-refractivity contribution is 7.15. The summed E-state index contributed by atoms with van der Waals surface area (Å²) in [6, 6.07) is 1.10. The number of aryl methyl sites for hydroxylation is 1. The molecular formula is C16H26N4S. The summed E-state index contributed by atoms with van der Waals surface area (Å²) in [5, 5.41) is 1.23. The van der Waals surface area contributed by atoms with Gasteiger partial charge in [0.1, 0.15) is 0 Å². The number of rotatable bonds is 2. The van der Waals surface area contributed by atoms with Crippen LogP contribution < -0.4 is 10.6 Å². The van der Waals surface area contributed by atoms with Crippen LogP contribution >= 0.6 is 11.3 Å². The molecule has 0 amide bonds. The normalized spacial score (nSPS) is 28.0. The lowest BCUT2D eigenvalue weighted by atomic mass is 9.99. The van der Waals surface area contributed by atoms with Gasteiger partial charge in [0, 0.05) is 43.1 Å². The first-order chi connectivity index (χ1) is 10.3. The predicted octanol–water partition coefficient (Wildman–Crippen LogP) is 2.54. The molecule has 1 aliphatic heterocycles. The Morgan fingerprint density at radius 3 is 2.48 bits per heavy atom. The van der Waals surface area contributed by atoms with Crippen molar-refractivity contribution in [3.05, 3.63) is 10.6 Å². The number of aromatic nitrogens is 1. The fourth-order valence-electron chi connectivity index (χ4n) is 4.12. The number of anilines is 1. The van der Waals surface area contributed by atoms with Crippen molar-refractivity contribution in [1.29, 1.82) is 0 Å². The van der Waals surface area contributed by atoms with Crippen LogP contribution in [0.2, 0.25) is 0 Å². The van der Waals surface area contributed by atoms with Crippen LogP contribution in [0.1, 0.15) is 55.1 Å². The molecule has 1 saturated heterocycles. The second-order valence-electron chi connectivity index (χ2n) is 6.77. The van der Waals surface area contributed by atoms with E-state index in [1.54, 1.807) is 0 Å². The minimum Gasteiger partial charge on any atom is -0.346 e. The largest absolute Gasteiger partial charge is 0.346 e. The van der Waals surface area contributed by atoms with Gasteiger partial charge in [0.15, 0.2) is 5.13 Å². The van der Waals surface area contributed by atoms with E-state index in [4.69, 9.17) is 10.7 Å². The van der Waals surface area contributed by atoms with E-state index in [0.29, 0.717) is 0 Å². The Morgan fingerprint density at radius 1 is 1.00 bits per heavy atom. The smallest absolute Gasteiger partial charge is 0.185 e. The lowest BCUT2D eigenvalue weighted by Gasteiger charge is -2.37. The molecule has 2 N–H and O–H groups in total. The van der Waals surface area contributed by atoms with Crippen LogP contribution in [0.5, 0.6) is 0 Å². The topological polar surface area (TPSA) is 45.4 Å². The molecule has 2 fully saturated rings. The Balaban J connectivity index is 1.42. The Hall–Kier alpha value is -0.650. The van der Waals surface area contributed by atoms with Crippen molar-refractivity contribution < 1.29 is 0 Å². The van der Waals surface area contributed by atoms with E-state index in [0.717, 1.165) is 32.0 Å². The molecule has 0 spiro atoms. The molecule has 1 unspecified atom stereocenters. The van der Waals surface area contributed by atoms with Crippen molar-refractivity contribution in [2.45, 2.75) is 57.0 Å². The minimum absolute atomic E-state index is 0.236. The minimum atomic E-state index is 0.236. The van der Waals surface area contributed by atoms with Gasteiger partial charge in [-0.2, -0.15) is 0 Å². The van der Waals surface area contributed by atoms with Crippen LogP contribution in [0.3, 0.4) is 0 Å². The molecule has 5 heteroatoms. The number of hydrogen-bond donors (Lipinski definition) is 1. The molecule has 1 saturated carbocycles. The van der Waals surface area contributed by atoms with Crippen LogP contribution in [-0.4, -0.2) is 42.1 Å². The summed E-state index contributed by atoms with van der Waals surface area (Å²) < 4.78 is 0. The van der Waals surface area contributed by atoms with E-state index in [-0.39, 0.29) is 6.04 Å². The maximum atomic E-state index is 6.24. The lowest BCUT2D eigenvalue weighted by Crippen LogP contribution is -2.49. The Morgan fingerprint density at radius 2 is 1.76 bits per heavy atom. The zero-order valence-electron chi connectivity index (χ0n) is 12.8. The second-order valence-corrected chi connectivity index (χ2v) is 7.78. The summed E-state index contributed by atoms with van der Waals surface area (Å²) in [5.41, 5.74) is 7.52. The molecule has 4 rings (SSSR count). The van der Waals surface area contributed by atoms with Gasteiger partial charge in [-0.25, -0.2) is 4.98 Å². The number of fused-ring (bicyclic) bond motifs is 1. The molecule has 2 heterocycles.